The van der Waals surface area contributed by atoms with Crippen molar-refractivity contribution in [1.29, 1.82) is 0 Å². The van der Waals surface area contributed by atoms with E-state index in [0.29, 0.717) is 6.04 Å². The zero-order valence-corrected chi connectivity index (χ0v) is 10.7. The van der Waals surface area contributed by atoms with Gasteiger partial charge in [0, 0.05) is 10.9 Å². The zero-order valence-electron chi connectivity index (χ0n) is 9.91. The Bertz CT molecular complexity index is 363. The average Bonchev–Trinajstić information content (AvgIpc) is 2.59. The SMILES string of the molecule is CCCC(CC)Nc1nc(C(=O)O)c(C)s1. The van der Waals surface area contributed by atoms with Gasteiger partial charge < -0.3 is 10.4 Å². The van der Waals surface area contributed by atoms with E-state index in [1.54, 1.807) is 6.92 Å². The first-order valence-corrected chi connectivity index (χ1v) is 6.37. The lowest BCUT2D eigenvalue weighted by molar-refractivity contribution is 0.0690. The number of hydrogen-bond acceptors (Lipinski definition) is 4. The number of hydrogen-bond donors (Lipinski definition) is 2. The van der Waals surface area contributed by atoms with Crippen LogP contribution in [-0.4, -0.2) is 22.1 Å². The summed E-state index contributed by atoms with van der Waals surface area (Å²) in [5, 5.41) is 12.9. The van der Waals surface area contributed by atoms with Gasteiger partial charge in [-0.1, -0.05) is 20.3 Å². The van der Waals surface area contributed by atoms with Crippen LogP contribution in [0.3, 0.4) is 0 Å². The summed E-state index contributed by atoms with van der Waals surface area (Å²) in [4.78, 5) is 15.7. The van der Waals surface area contributed by atoms with Crippen LogP contribution >= 0.6 is 11.3 Å². The van der Waals surface area contributed by atoms with E-state index in [0.717, 1.165) is 29.3 Å². The molecule has 1 atom stereocenters. The average molecular weight is 242 g/mol. The highest BCUT2D eigenvalue weighted by molar-refractivity contribution is 7.15. The molecule has 1 unspecified atom stereocenters. The highest BCUT2D eigenvalue weighted by Crippen LogP contribution is 2.23. The molecule has 90 valence electrons. The standard InChI is InChI=1S/C11H18N2O2S/c1-4-6-8(5-2)12-11-13-9(10(14)15)7(3)16-11/h8H,4-6H2,1-3H3,(H,12,13)(H,14,15). The fraction of sp³-hybridized carbons (Fsp3) is 0.636. The van der Waals surface area contributed by atoms with Crippen LogP contribution in [0.1, 0.15) is 48.5 Å². The lowest BCUT2D eigenvalue weighted by Crippen LogP contribution is -2.17. The molecule has 1 heterocycles. The van der Waals surface area contributed by atoms with Gasteiger partial charge in [-0.05, 0) is 19.8 Å². The third-order valence-electron chi connectivity index (χ3n) is 2.46. The van der Waals surface area contributed by atoms with E-state index in [4.69, 9.17) is 5.11 Å². The number of carboxylic acids is 1. The van der Waals surface area contributed by atoms with Gasteiger partial charge in [-0.3, -0.25) is 0 Å². The second-order valence-corrected chi connectivity index (χ2v) is 4.97. The quantitative estimate of drug-likeness (QED) is 0.804. The Balaban J connectivity index is 2.73. The Labute approximate surface area is 99.7 Å². The molecule has 0 aliphatic carbocycles. The topological polar surface area (TPSA) is 62.2 Å². The maximum atomic E-state index is 10.8. The van der Waals surface area contributed by atoms with Crippen molar-refractivity contribution >= 4 is 22.4 Å². The van der Waals surface area contributed by atoms with Crippen LogP contribution in [0.5, 0.6) is 0 Å². The normalized spacial score (nSPS) is 12.4. The van der Waals surface area contributed by atoms with E-state index in [2.05, 4.69) is 24.1 Å². The first-order valence-electron chi connectivity index (χ1n) is 5.55. The fourth-order valence-electron chi connectivity index (χ4n) is 1.56. The van der Waals surface area contributed by atoms with Crippen molar-refractivity contribution < 1.29 is 9.90 Å². The van der Waals surface area contributed by atoms with Gasteiger partial charge in [0.25, 0.3) is 0 Å². The Morgan fingerprint density at radius 2 is 2.25 bits per heavy atom. The Morgan fingerprint density at radius 3 is 2.69 bits per heavy atom. The maximum absolute atomic E-state index is 10.8. The van der Waals surface area contributed by atoms with E-state index in [9.17, 15) is 4.79 Å². The smallest absolute Gasteiger partial charge is 0.355 e. The third kappa shape index (κ3) is 3.20. The summed E-state index contributed by atoms with van der Waals surface area (Å²) in [6.45, 7) is 6.04. The molecule has 0 spiro atoms. The number of nitrogens with one attached hydrogen (secondary N) is 1. The van der Waals surface area contributed by atoms with Crippen LogP contribution in [0.4, 0.5) is 5.13 Å². The maximum Gasteiger partial charge on any atom is 0.355 e. The summed E-state index contributed by atoms with van der Waals surface area (Å²) >= 11 is 1.41. The molecular formula is C11H18N2O2S. The Kier molecular flexibility index (Phi) is 4.73. The molecule has 0 aromatic carbocycles. The Morgan fingerprint density at radius 1 is 1.56 bits per heavy atom. The van der Waals surface area contributed by atoms with Crippen molar-refractivity contribution in [3.63, 3.8) is 0 Å². The van der Waals surface area contributed by atoms with E-state index in [-0.39, 0.29) is 5.69 Å². The number of aryl methyl sites for hydroxylation is 1. The molecule has 0 radical (unpaired) electrons. The van der Waals surface area contributed by atoms with Crippen molar-refractivity contribution in [2.45, 2.75) is 46.1 Å². The molecular weight excluding hydrogens is 224 g/mol. The van der Waals surface area contributed by atoms with Crippen molar-refractivity contribution in [2.75, 3.05) is 5.32 Å². The van der Waals surface area contributed by atoms with Crippen molar-refractivity contribution in [2.24, 2.45) is 0 Å². The summed E-state index contributed by atoms with van der Waals surface area (Å²) in [5.41, 5.74) is 0.166. The molecule has 0 aliphatic rings. The minimum absolute atomic E-state index is 0.166. The van der Waals surface area contributed by atoms with Crippen LogP contribution in [0, 0.1) is 6.92 Å². The largest absolute Gasteiger partial charge is 0.476 e. The summed E-state index contributed by atoms with van der Waals surface area (Å²) in [5.74, 6) is -0.953. The lowest BCUT2D eigenvalue weighted by Gasteiger charge is -2.14. The minimum atomic E-state index is -0.953. The summed E-state index contributed by atoms with van der Waals surface area (Å²) in [7, 11) is 0. The number of nitrogens with zero attached hydrogens (tertiary/aromatic N) is 1. The molecule has 0 saturated carbocycles. The summed E-state index contributed by atoms with van der Waals surface area (Å²) in [6, 6.07) is 0.386. The van der Waals surface area contributed by atoms with E-state index in [1.165, 1.54) is 11.3 Å². The van der Waals surface area contributed by atoms with E-state index >= 15 is 0 Å². The molecule has 1 aromatic heterocycles. The van der Waals surface area contributed by atoms with Crippen LogP contribution in [0.2, 0.25) is 0 Å². The van der Waals surface area contributed by atoms with E-state index in [1.807, 2.05) is 0 Å². The fourth-order valence-corrected chi connectivity index (χ4v) is 2.44. The van der Waals surface area contributed by atoms with Gasteiger partial charge in [-0.2, -0.15) is 0 Å². The first-order chi connectivity index (χ1) is 7.58. The third-order valence-corrected chi connectivity index (χ3v) is 3.36. The molecule has 1 rings (SSSR count). The highest BCUT2D eigenvalue weighted by atomic mass is 32.1. The van der Waals surface area contributed by atoms with E-state index < -0.39 is 5.97 Å². The number of rotatable bonds is 6. The second-order valence-electron chi connectivity index (χ2n) is 3.77. The number of anilines is 1. The predicted octanol–water partition coefficient (Wildman–Crippen LogP) is 3.14. The zero-order chi connectivity index (χ0) is 12.1. The monoisotopic (exact) mass is 242 g/mol. The molecule has 0 fully saturated rings. The molecule has 1 aromatic rings. The number of aromatic carboxylic acids is 1. The summed E-state index contributed by atoms with van der Waals surface area (Å²) < 4.78 is 0. The molecule has 0 aliphatic heterocycles. The van der Waals surface area contributed by atoms with Crippen molar-refractivity contribution in [3.8, 4) is 0 Å². The number of carboxylic acid groups (broad SMARTS) is 1. The molecule has 4 nitrogen and oxygen atoms in total. The van der Waals surface area contributed by atoms with Crippen molar-refractivity contribution in [1.82, 2.24) is 4.98 Å². The number of aromatic nitrogens is 1. The summed E-state index contributed by atoms with van der Waals surface area (Å²) in [6.07, 6.45) is 3.22. The van der Waals surface area contributed by atoms with Gasteiger partial charge >= 0.3 is 5.97 Å². The minimum Gasteiger partial charge on any atom is -0.476 e. The van der Waals surface area contributed by atoms with Gasteiger partial charge in [0.15, 0.2) is 10.8 Å². The van der Waals surface area contributed by atoms with Crippen LogP contribution in [-0.2, 0) is 0 Å². The first kappa shape index (κ1) is 13.0. The Hall–Kier alpha value is -1.10. The highest BCUT2D eigenvalue weighted by Gasteiger charge is 2.15. The van der Waals surface area contributed by atoms with Crippen molar-refractivity contribution in [3.05, 3.63) is 10.6 Å². The van der Waals surface area contributed by atoms with Crippen LogP contribution < -0.4 is 5.32 Å². The van der Waals surface area contributed by atoms with Gasteiger partial charge in [0.1, 0.15) is 0 Å². The molecule has 0 amide bonds. The number of thiazole rings is 1. The van der Waals surface area contributed by atoms with Crippen LogP contribution in [0.25, 0.3) is 0 Å². The van der Waals surface area contributed by atoms with Gasteiger partial charge in [-0.15, -0.1) is 11.3 Å². The molecule has 16 heavy (non-hydrogen) atoms. The lowest BCUT2D eigenvalue weighted by atomic mass is 10.1. The molecule has 2 N–H and O–H groups in total. The number of carbonyl (C=O) groups is 1. The second kappa shape index (κ2) is 5.84. The van der Waals surface area contributed by atoms with Gasteiger partial charge in [0.05, 0.1) is 0 Å². The molecule has 5 heteroatoms. The molecule has 0 bridgehead atoms. The van der Waals surface area contributed by atoms with Gasteiger partial charge in [0.2, 0.25) is 0 Å². The predicted molar refractivity (Wildman–Crippen MR) is 66.4 cm³/mol. The van der Waals surface area contributed by atoms with Crippen LogP contribution in [0.15, 0.2) is 0 Å². The molecule has 0 saturated heterocycles. The van der Waals surface area contributed by atoms with Gasteiger partial charge in [-0.25, -0.2) is 9.78 Å².